The van der Waals surface area contributed by atoms with Crippen LogP contribution in [0.5, 0.6) is 0 Å². The molecule has 1 N–H and O–H groups in total. The minimum absolute atomic E-state index is 0.346. The van der Waals surface area contributed by atoms with Crippen molar-refractivity contribution in [3.8, 4) is 0 Å². The maximum Gasteiger partial charge on any atom is 0.312 e. The molecule has 4 nitrogen and oxygen atoms in total. The average molecular weight is 166 g/mol. The van der Waals surface area contributed by atoms with Crippen molar-refractivity contribution in [2.24, 2.45) is 0 Å². The molecular weight excluding hydrogens is 156 g/mol. The van der Waals surface area contributed by atoms with Crippen LogP contribution < -0.4 is 0 Å². The molecule has 1 aliphatic heterocycles. The van der Waals surface area contributed by atoms with Gasteiger partial charge < -0.3 is 5.11 Å². The first-order chi connectivity index (χ1) is 5.79. The summed E-state index contributed by atoms with van der Waals surface area (Å²) in [4.78, 5) is 10.8. The zero-order valence-electron chi connectivity index (χ0n) is 6.60. The molecule has 1 atom stereocenters. The monoisotopic (exact) mass is 166 g/mol. The van der Waals surface area contributed by atoms with E-state index < -0.39 is 5.97 Å². The van der Waals surface area contributed by atoms with Crippen LogP contribution in [0, 0.1) is 0 Å². The Labute approximate surface area is 69.8 Å². The number of carbonyl (C=O) groups is 1. The molecule has 0 bridgehead atoms. The summed E-state index contributed by atoms with van der Waals surface area (Å²) in [7, 11) is 0. The van der Waals surface area contributed by atoms with Gasteiger partial charge in [0.15, 0.2) is 0 Å². The summed E-state index contributed by atoms with van der Waals surface area (Å²) in [5.41, 5.74) is 0.841. The molecule has 4 heteroatoms. The number of aromatic nitrogens is 2. The highest BCUT2D eigenvalue weighted by atomic mass is 16.4. The lowest BCUT2D eigenvalue weighted by Crippen LogP contribution is -2.21. The van der Waals surface area contributed by atoms with Crippen molar-refractivity contribution in [1.29, 1.82) is 0 Å². The van der Waals surface area contributed by atoms with E-state index in [1.165, 1.54) is 0 Å². The summed E-state index contributed by atoms with van der Waals surface area (Å²) < 4.78 is 1.78. The van der Waals surface area contributed by atoms with E-state index >= 15 is 0 Å². The van der Waals surface area contributed by atoms with Crippen LogP contribution in [0.4, 0.5) is 0 Å². The van der Waals surface area contributed by atoms with Crippen molar-refractivity contribution < 1.29 is 9.90 Å². The summed E-state index contributed by atoms with van der Waals surface area (Å²) in [6.45, 7) is 0.853. The third kappa shape index (κ3) is 0.995. The van der Waals surface area contributed by atoms with Crippen LogP contribution >= 0.6 is 0 Å². The quantitative estimate of drug-likeness (QED) is 0.672. The Morgan fingerprint density at radius 2 is 2.58 bits per heavy atom. The highest BCUT2D eigenvalue weighted by Gasteiger charge is 2.26. The Balaban J connectivity index is 2.37. The van der Waals surface area contributed by atoms with Gasteiger partial charge in [-0.05, 0) is 18.9 Å². The van der Waals surface area contributed by atoms with Gasteiger partial charge in [0.2, 0.25) is 0 Å². The van der Waals surface area contributed by atoms with E-state index in [9.17, 15) is 4.79 Å². The molecule has 0 saturated heterocycles. The molecule has 2 heterocycles. The van der Waals surface area contributed by atoms with Crippen molar-refractivity contribution in [1.82, 2.24) is 9.78 Å². The molecular formula is C8H10N2O2. The standard InChI is InChI=1S/C8H10N2O2/c11-8(12)6-2-1-5-10-7(6)3-4-9-10/h3-4,6H,1-2,5H2,(H,11,12). The number of carboxylic acids is 1. The largest absolute Gasteiger partial charge is 0.481 e. The van der Waals surface area contributed by atoms with Gasteiger partial charge in [-0.25, -0.2) is 0 Å². The number of aryl methyl sites for hydroxylation is 1. The van der Waals surface area contributed by atoms with Crippen molar-refractivity contribution in [2.75, 3.05) is 0 Å². The number of rotatable bonds is 1. The Morgan fingerprint density at radius 1 is 1.75 bits per heavy atom. The van der Waals surface area contributed by atoms with Crippen molar-refractivity contribution in [2.45, 2.75) is 25.3 Å². The zero-order valence-corrected chi connectivity index (χ0v) is 6.60. The van der Waals surface area contributed by atoms with E-state index in [0.717, 1.165) is 25.1 Å². The lowest BCUT2D eigenvalue weighted by Gasteiger charge is -2.19. The maximum atomic E-state index is 10.8. The average Bonchev–Trinajstić information content (AvgIpc) is 2.49. The smallest absolute Gasteiger partial charge is 0.312 e. The first-order valence-corrected chi connectivity index (χ1v) is 4.03. The second-order valence-corrected chi connectivity index (χ2v) is 3.01. The third-order valence-corrected chi connectivity index (χ3v) is 2.27. The number of carboxylic acid groups (broad SMARTS) is 1. The fourth-order valence-electron chi connectivity index (χ4n) is 1.67. The predicted octanol–water partition coefficient (Wildman–Crippen LogP) is 0.845. The molecule has 1 aliphatic rings. The molecule has 64 valence electrons. The summed E-state index contributed by atoms with van der Waals surface area (Å²) >= 11 is 0. The predicted molar refractivity (Wildman–Crippen MR) is 41.8 cm³/mol. The van der Waals surface area contributed by atoms with Crippen LogP contribution in [0.3, 0.4) is 0 Å². The van der Waals surface area contributed by atoms with Gasteiger partial charge in [-0.15, -0.1) is 0 Å². The normalized spacial score (nSPS) is 21.8. The van der Waals surface area contributed by atoms with Crippen molar-refractivity contribution in [3.05, 3.63) is 18.0 Å². The van der Waals surface area contributed by atoms with Crippen LogP contribution in [0.15, 0.2) is 12.3 Å². The minimum Gasteiger partial charge on any atom is -0.481 e. The van der Waals surface area contributed by atoms with E-state index in [4.69, 9.17) is 5.11 Å². The molecule has 1 unspecified atom stereocenters. The van der Waals surface area contributed by atoms with E-state index in [-0.39, 0.29) is 5.92 Å². The SMILES string of the molecule is O=C(O)C1CCCn2nccc21. The van der Waals surface area contributed by atoms with E-state index in [1.54, 1.807) is 16.9 Å². The maximum absolute atomic E-state index is 10.8. The third-order valence-electron chi connectivity index (χ3n) is 2.27. The van der Waals surface area contributed by atoms with Crippen LogP contribution in [0.2, 0.25) is 0 Å². The van der Waals surface area contributed by atoms with E-state index in [1.807, 2.05) is 0 Å². The second-order valence-electron chi connectivity index (χ2n) is 3.01. The van der Waals surface area contributed by atoms with Crippen LogP contribution in [-0.2, 0) is 11.3 Å². The molecule has 0 saturated carbocycles. The Hall–Kier alpha value is -1.32. The van der Waals surface area contributed by atoms with Gasteiger partial charge in [0.25, 0.3) is 0 Å². The Morgan fingerprint density at radius 3 is 3.33 bits per heavy atom. The lowest BCUT2D eigenvalue weighted by atomic mass is 9.97. The summed E-state index contributed by atoms with van der Waals surface area (Å²) in [6, 6.07) is 1.79. The molecule has 0 radical (unpaired) electrons. The summed E-state index contributed by atoms with van der Waals surface area (Å²) in [5.74, 6) is -1.09. The molecule has 0 fully saturated rings. The summed E-state index contributed by atoms with van der Waals surface area (Å²) in [6.07, 6.45) is 3.31. The highest BCUT2D eigenvalue weighted by molar-refractivity contribution is 5.75. The highest BCUT2D eigenvalue weighted by Crippen LogP contribution is 2.26. The van der Waals surface area contributed by atoms with E-state index in [0.29, 0.717) is 0 Å². The van der Waals surface area contributed by atoms with Crippen LogP contribution in [0.25, 0.3) is 0 Å². The first-order valence-electron chi connectivity index (χ1n) is 4.03. The van der Waals surface area contributed by atoms with Gasteiger partial charge in [0.05, 0.1) is 11.6 Å². The minimum atomic E-state index is -0.739. The molecule has 12 heavy (non-hydrogen) atoms. The molecule has 0 spiro atoms. The van der Waals surface area contributed by atoms with E-state index in [2.05, 4.69) is 5.10 Å². The van der Waals surface area contributed by atoms with Gasteiger partial charge in [-0.1, -0.05) is 0 Å². The summed E-state index contributed by atoms with van der Waals surface area (Å²) in [5, 5.41) is 12.9. The number of aliphatic carboxylic acids is 1. The molecule has 1 aromatic heterocycles. The fourth-order valence-corrected chi connectivity index (χ4v) is 1.67. The van der Waals surface area contributed by atoms with Gasteiger partial charge in [-0.2, -0.15) is 5.10 Å². The van der Waals surface area contributed by atoms with Crippen LogP contribution in [0.1, 0.15) is 24.5 Å². The van der Waals surface area contributed by atoms with Crippen molar-refractivity contribution in [3.63, 3.8) is 0 Å². The second kappa shape index (κ2) is 2.62. The lowest BCUT2D eigenvalue weighted by molar-refractivity contribution is -0.139. The number of nitrogens with zero attached hydrogens (tertiary/aromatic N) is 2. The number of fused-ring (bicyclic) bond motifs is 1. The molecule has 1 aromatic rings. The number of hydrogen-bond acceptors (Lipinski definition) is 2. The van der Waals surface area contributed by atoms with Gasteiger partial charge in [0, 0.05) is 12.7 Å². The van der Waals surface area contributed by atoms with Gasteiger partial charge in [0.1, 0.15) is 0 Å². The van der Waals surface area contributed by atoms with Crippen molar-refractivity contribution >= 4 is 5.97 Å². The fraction of sp³-hybridized carbons (Fsp3) is 0.500. The molecule has 0 aliphatic carbocycles. The van der Waals surface area contributed by atoms with Gasteiger partial charge >= 0.3 is 5.97 Å². The van der Waals surface area contributed by atoms with Gasteiger partial charge in [-0.3, -0.25) is 9.48 Å². The first kappa shape index (κ1) is 7.34. The Bertz CT molecular complexity index is 306. The molecule has 0 aromatic carbocycles. The van der Waals surface area contributed by atoms with Crippen LogP contribution in [-0.4, -0.2) is 20.9 Å². The number of hydrogen-bond donors (Lipinski definition) is 1. The topological polar surface area (TPSA) is 55.1 Å². The Kier molecular flexibility index (Phi) is 1.60. The zero-order chi connectivity index (χ0) is 8.55. The molecule has 0 amide bonds. The molecule has 2 rings (SSSR count).